The number of halogens is 8. The van der Waals surface area contributed by atoms with Crippen LogP contribution in [0.15, 0.2) is 60.7 Å². The second-order valence-corrected chi connectivity index (χ2v) is 16.0. The average molecular weight is 863 g/mol. The minimum absolute atomic E-state index is 0.102. The van der Waals surface area contributed by atoms with Gasteiger partial charge in [0.2, 0.25) is 11.7 Å². The maximum Gasteiger partial charge on any atom is 0.248 e. The van der Waals surface area contributed by atoms with Crippen LogP contribution in [0, 0.1) is 41.8 Å². The van der Waals surface area contributed by atoms with Gasteiger partial charge in [-0.2, -0.15) is 4.39 Å². The van der Waals surface area contributed by atoms with E-state index >= 15 is 0 Å². The number of benzene rings is 4. The van der Waals surface area contributed by atoms with Crippen molar-refractivity contribution < 1.29 is 49.3 Å². The first kappa shape index (κ1) is 49.4. The van der Waals surface area contributed by atoms with Crippen molar-refractivity contribution in [3.8, 4) is 17.2 Å². The molecular weight excluding hydrogens is 801 g/mol. The van der Waals surface area contributed by atoms with Crippen molar-refractivity contribution in [2.24, 2.45) is 0 Å². The van der Waals surface area contributed by atoms with Crippen LogP contribution in [-0.4, -0.2) is 25.7 Å². The third kappa shape index (κ3) is 17.2. The zero-order valence-electron chi connectivity index (χ0n) is 35.8. The zero-order valence-corrected chi connectivity index (χ0v) is 35.8. The Hall–Kier alpha value is -4.28. The number of ether oxygens (including phenoxy) is 3. The summed E-state index contributed by atoms with van der Waals surface area (Å²) in [5, 5.41) is 0. The maximum absolute atomic E-state index is 14.7. The van der Waals surface area contributed by atoms with Gasteiger partial charge in [-0.1, -0.05) is 95.0 Å². The van der Waals surface area contributed by atoms with Crippen LogP contribution in [0.4, 0.5) is 35.1 Å². The lowest BCUT2D eigenvalue weighted by Gasteiger charge is -2.16. The van der Waals surface area contributed by atoms with Crippen LogP contribution in [0.1, 0.15) is 137 Å². The highest BCUT2D eigenvalue weighted by Gasteiger charge is 2.27. The fourth-order valence-electron chi connectivity index (χ4n) is 7.15. The number of rotatable bonds is 30. The van der Waals surface area contributed by atoms with E-state index in [0.29, 0.717) is 55.3 Å². The molecule has 0 atom stereocenters. The molecule has 3 nitrogen and oxygen atoms in total. The van der Waals surface area contributed by atoms with Crippen molar-refractivity contribution in [2.75, 3.05) is 19.8 Å². The van der Waals surface area contributed by atoms with E-state index in [2.05, 4.69) is 0 Å². The Labute approximate surface area is 357 Å². The van der Waals surface area contributed by atoms with Crippen molar-refractivity contribution in [3.63, 3.8) is 0 Å². The zero-order chi connectivity index (χ0) is 44.0. The van der Waals surface area contributed by atoms with E-state index in [-0.39, 0.29) is 61.0 Å². The monoisotopic (exact) mass is 862 g/mol. The standard InChI is InChI=1S/C50H62F8O3/c1-3-4-31-61-45-28-25-40(48(55)49(45)56)22-20-38-24-27-42(35-44(38)52)60-33-16-12-8-6-10-14-30-50(57,58)29-13-9-5-7-11-15-32-59-41-26-23-37(43(51)34-41)19-21-39-18-17-36(2)46(53)47(39)54/h17-18,23-28,34-35H,3-16,19-22,29-33H2,1-2H3. The summed E-state index contributed by atoms with van der Waals surface area (Å²) in [6.07, 6.45) is 11.4. The fourth-order valence-corrected chi connectivity index (χ4v) is 7.15. The molecule has 4 aromatic carbocycles. The summed E-state index contributed by atoms with van der Waals surface area (Å²) in [6, 6.07) is 15.1. The van der Waals surface area contributed by atoms with Gasteiger partial charge in [0, 0.05) is 25.0 Å². The summed E-state index contributed by atoms with van der Waals surface area (Å²) in [7, 11) is 0. The van der Waals surface area contributed by atoms with Gasteiger partial charge in [-0.3, -0.25) is 0 Å². The van der Waals surface area contributed by atoms with Gasteiger partial charge in [0.25, 0.3) is 0 Å². The molecule has 0 aliphatic carbocycles. The molecule has 4 rings (SSSR count). The van der Waals surface area contributed by atoms with Crippen molar-refractivity contribution >= 4 is 0 Å². The quantitative estimate of drug-likeness (QED) is 0.0386. The number of alkyl halides is 2. The predicted octanol–water partition coefficient (Wildman–Crippen LogP) is 15.1. The Kier molecular flexibility index (Phi) is 21.2. The molecule has 336 valence electrons. The Morgan fingerprint density at radius 1 is 0.426 bits per heavy atom. The average Bonchev–Trinajstić information content (AvgIpc) is 3.23. The first-order chi connectivity index (χ1) is 29.4. The van der Waals surface area contributed by atoms with Crippen LogP contribution in [0.5, 0.6) is 17.2 Å². The molecule has 0 aliphatic rings. The normalized spacial score (nSPS) is 11.6. The van der Waals surface area contributed by atoms with E-state index in [0.717, 1.165) is 77.0 Å². The summed E-state index contributed by atoms with van der Waals surface area (Å²) in [5.41, 5.74) is 1.38. The molecule has 61 heavy (non-hydrogen) atoms. The van der Waals surface area contributed by atoms with Crippen LogP contribution in [0.3, 0.4) is 0 Å². The van der Waals surface area contributed by atoms with Gasteiger partial charge in [-0.25, -0.2) is 30.7 Å². The van der Waals surface area contributed by atoms with Crippen molar-refractivity contribution in [3.05, 3.63) is 123 Å². The van der Waals surface area contributed by atoms with Gasteiger partial charge >= 0.3 is 0 Å². The third-order valence-corrected chi connectivity index (χ3v) is 11.0. The van der Waals surface area contributed by atoms with Gasteiger partial charge in [-0.15, -0.1) is 0 Å². The molecule has 0 aliphatic heterocycles. The van der Waals surface area contributed by atoms with E-state index in [1.807, 2.05) is 6.92 Å². The Balaban J connectivity index is 0.961. The molecular formula is C50H62F8O3. The number of hydrogen-bond acceptors (Lipinski definition) is 3. The highest BCUT2D eigenvalue weighted by Crippen LogP contribution is 2.30. The Morgan fingerprint density at radius 2 is 0.836 bits per heavy atom. The summed E-state index contributed by atoms with van der Waals surface area (Å²) < 4.78 is 132. The molecule has 0 heterocycles. The highest BCUT2D eigenvalue weighted by atomic mass is 19.3. The predicted molar refractivity (Wildman–Crippen MR) is 226 cm³/mol. The van der Waals surface area contributed by atoms with Crippen LogP contribution in [0.2, 0.25) is 0 Å². The minimum Gasteiger partial charge on any atom is -0.493 e. The van der Waals surface area contributed by atoms with Gasteiger partial charge in [0.15, 0.2) is 23.2 Å². The largest absolute Gasteiger partial charge is 0.493 e. The lowest BCUT2D eigenvalue weighted by molar-refractivity contribution is -0.0206. The minimum atomic E-state index is -2.66. The summed E-state index contributed by atoms with van der Waals surface area (Å²) in [4.78, 5) is 0. The number of aryl methyl sites for hydroxylation is 5. The number of hydrogen-bond donors (Lipinski definition) is 0. The summed E-state index contributed by atoms with van der Waals surface area (Å²) >= 11 is 0. The highest BCUT2D eigenvalue weighted by molar-refractivity contribution is 5.34. The van der Waals surface area contributed by atoms with Gasteiger partial charge in [-0.05, 0) is 111 Å². The van der Waals surface area contributed by atoms with Crippen LogP contribution < -0.4 is 14.2 Å². The molecule has 0 amide bonds. The summed E-state index contributed by atoms with van der Waals surface area (Å²) in [5.74, 6) is -6.66. The van der Waals surface area contributed by atoms with Crippen molar-refractivity contribution in [1.82, 2.24) is 0 Å². The molecule has 0 N–H and O–H groups in total. The topological polar surface area (TPSA) is 27.7 Å². The van der Waals surface area contributed by atoms with E-state index in [1.165, 1.54) is 43.3 Å². The lowest BCUT2D eigenvalue weighted by Crippen LogP contribution is -2.15. The molecule has 4 aromatic rings. The van der Waals surface area contributed by atoms with Gasteiger partial charge < -0.3 is 14.2 Å². The molecule has 0 unspecified atom stereocenters. The SMILES string of the molecule is CCCCOc1ccc(CCc2ccc(OCCCCCCCCC(F)(F)CCCCCCCCOc3ccc(CCc4ccc(C)c(F)c4F)c(F)c3)cc2F)c(F)c1F. The van der Waals surface area contributed by atoms with E-state index in [4.69, 9.17) is 14.2 Å². The van der Waals surface area contributed by atoms with Gasteiger partial charge in [0.1, 0.15) is 23.1 Å². The third-order valence-electron chi connectivity index (χ3n) is 11.0. The van der Waals surface area contributed by atoms with Crippen LogP contribution in [0.25, 0.3) is 0 Å². The molecule has 0 saturated heterocycles. The fraction of sp³-hybridized carbons (Fsp3) is 0.520. The summed E-state index contributed by atoms with van der Waals surface area (Å²) in [6.45, 7) is 4.60. The molecule has 0 radical (unpaired) electrons. The molecule has 0 fully saturated rings. The van der Waals surface area contributed by atoms with E-state index < -0.39 is 40.8 Å². The molecule has 11 heteroatoms. The smallest absolute Gasteiger partial charge is 0.248 e. The van der Waals surface area contributed by atoms with E-state index in [9.17, 15) is 35.1 Å². The Morgan fingerprint density at radius 3 is 1.33 bits per heavy atom. The van der Waals surface area contributed by atoms with E-state index in [1.54, 1.807) is 24.3 Å². The second-order valence-electron chi connectivity index (χ2n) is 16.0. The van der Waals surface area contributed by atoms with Gasteiger partial charge in [0.05, 0.1) is 19.8 Å². The second kappa shape index (κ2) is 26.3. The molecule has 0 saturated carbocycles. The molecule has 0 aromatic heterocycles. The molecule has 0 bridgehead atoms. The molecule has 0 spiro atoms. The van der Waals surface area contributed by atoms with Crippen molar-refractivity contribution in [2.45, 2.75) is 148 Å². The first-order valence-electron chi connectivity index (χ1n) is 22.1. The van der Waals surface area contributed by atoms with Crippen LogP contribution in [-0.2, 0) is 25.7 Å². The lowest BCUT2D eigenvalue weighted by atomic mass is 10.0. The Bertz CT molecular complexity index is 1920. The first-order valence-corrected chi connectivity index (χ1v) is 22.1. The maximum atomic E-state index is 14.7. The number of unbranched alkanes of at least 4 members (excludes halogenated alkanes) is 11. The van der Waals surface area contributed by atoms with Crippen molar-refractivity contribution in [1.29, 1.82) is 0 Å². The van der Waals surface area contributed by atoms with Crippen LogP contribution >= 0.6 is 0 Å².